The molecule has 0 radical (unpaired) electrons. The van der Waals surface area contributed by atoms with Crippen LogP contribution in [0.4, 0.5) is 11.8 Å². The Morgan fingerprint density at radius 1 is 1.32 bits per heavy atom. The fourth-order valence-electron chi connectivity index (χ4n) is 2.18. The van der Waals surface area contributed by atoms with E-state index in [9.17, 15) is 0 Å². The second-order valence-electron chi connectivity index (χ2n) is 5.12. The first-order valence-corrected chi connectivity index (χ1v) is 7.59. The molecule has 5 heteroatoms. The molecule has 1 unspecified atom stereocenters. The Kier molecular flexibility index (Phi) is 4.24. The van der Waals surface area contributed by atoms with Crippen molar-refractivity contribution in [2.24, 2.45) is 5.92 Å². The van der Waals surface area contributed by atoms with Gasteiger partial charge in [-0.2, -0.15) is 4.98 Å². The second kappa shape index (κ2) is 5.74. The number of aryl methyl sites for hydroxylation is 1. The molecule has 0 fully saturated rings. The lowest BCUT2D eigenvalue weighted by molar-refractivity contribution is 0.510. The Labute approximate surface area is 118 Å². The van der Waals surface area contributed by atoms with Crippen molar-refractivity contribution in [2.75, 3.05) is 17.7 Å². The van der Waals surface area contributed by atoms with E-state index in [1.807, 2.05) is 7.05 Å². The quantitative estimate of drug-likeness (QED) is 0.871. The SMILES string of the molecule is CCC(Nc1nc(NC)nc2sc(C)cc12)C(C)C. The normalized spacial score (nSPS) is 12.9. The first-order valence-electron chi connectivity index (χ1n) is 6.77. The zero-order valence-electron chi connectivity index (χ0n) is 12.2. The number of hydrogen-bond acceptors (Lipinski definition) is 5. The van der Waals surface area contributed by atoms with Crippen molar-refractivity contribution in [1.29, 1.82) is 0 Å². The van der Waals surface area contributed by atoms with E-state index < -0.39 is 0 Å². The Morgan fingerprint density at radius 3 is 2.63 bits per heavy atom. The van der Waals surface area contributed by atoms with Gasteiger partial charge in [-0.15, -0.1) is 11.3 Å². The number of nitrogens with zero attached hydrogens (tertiary/aromatic N) is 2. The molecule has 0 saturated heterocycles. The van der Waals surface area contributed by atoms with Crippen LogP contribution in [0.1, 0.15) is 32.1 Å². The maximum atomic E-state index is 4.58. The topological polar surface area (TPSA) is 49.8 Å². The van der Waals surface area contributed by atoms with Crippen molar-refractivity contribution in [3.63, 3.8) is 0 Å². The van der Waals surface area contributed by atoms with Crippen LogP contribution in [0.5, 0.6) is 0 Å². The molecule has 104 valence electrons. The smallest absolute Gasteiger partial charge is 0.225 e. The predicted molar refractivity (Wildman–Crippen MR) is 84.2 cm³/mol. The molecule has 2 N–H and O–H groups in total. The van der Waals surface area contributed by atoms with E-state index >= 15 is 0 Å². The van der Waals surface area contributed by atoms with Gasteiger partial charge in [-0.25, -0.2) is 4.98 Å². The third-order valence-corrected chi connectivity index (χ3v) is 4.25. The summed E-state index contributed by atoms with van der Waals surface area (Å²) in [6, 6.07) is 2.59. The number of anilines is 2. The van der Waals surface area contributed by atoms with E-state index in [0.717, 1.165) is 22.5 Å². The highest BCUT2D eigenvalue weighted by Gasteiger charge is 2.15. The van der Waals surface area contributed by atoms with Gasteiger partial charge in [0, 0.05) is 18.0 Å². The van der Waals surface area contributed by atoms with Gasteiger partial charge in [-0.05, 0) is 25.3 Å². The second-order valence-corrected chi connectivity index (χ2v) is 6.36. The van der Waals surface area contributed by atoms with Crippen LogP contribution in [-0.4, -0.2) is 23.1 Å². The lowest BCUT2D eigenvalue weighted by atomic mass is 10.0. The average Bonchev–Trinajstić information content (AvgIpc) is 2.75. The molecule has 0 saturated carbocycles. The standard InChI is InChI=1S/C14H22N4S/c1-6-11(8(2)3)16-12-10-7-9(4)19-13(10)18-14(15-5)17-12/h7-8,11H,6H2,1-5H3,(H2,15,16,17,18). The molecular formula is C14H22N4S. The number of rotatable bonds is 5. The van der Waals surface area contributed by atoms with E-state index in [0.29, 0.717) is 17.9 Å². The summed E-state index contributed by atoms with van der Waals surface area (Å²) in [5.41, 5.74) is 0. The molecule has 0 spiro atoms. The summed E-state index contributed by atoms with van der Waals surface area (Å²) in [7, 11) is 1.85. The molecule has 0 aliphatic carbocycles. The fraction of sp³-hybridized carbons (Fsp3) is 0.571. The number of nitrogens with one attached hydrogen (secondary N) is 2. The Morgan fingerprint density at radius 2 is 2.05 bits per heavy atom. The minimum atomic E-state index is 0.433. The van der Waals surface area contributed by atoms with Crippen LogP contribution < -0.4 is 10.6 Å². The van der Waals surface area contributed by atoms with Gasteiger partial charge in [0.25, 0.3) is 0 Å². The van der Waals surface area contributed by atoms with Crippen molar-refractivity contribution >= 4 is 33.3 Å². The predicted octanol–water partition coefficient (Wildman–Crippen LogP) is 3.89. The molecular weight excluding hydrogens is 256 g/mol. The third-order valence-electron chi connectivity index (χ3n) is 3.31. The van der Waals surface area contributed by atoms with Gasteiger partial charge in [0.1, 0.15) is 10.6 Å². The van der Waals surface area contributed by atoms with E-state index in [4.69, 9.17) is 0 Å². The van der Waals surface area contributed by atoms with Crippen molar-refractivity contribution in [3.05, 3.63) is 10.9 Å². The molecule has 2 heterocycles. The first kappa shape index (κ1) is 14.1. The molecule has 1 atom stereocenters. The Bertz CT molecular complexity index is 562. The molecule has 2 aromatic rings. The summed E-state index contributed by atoms with van der Waals surface area (Å²) in [5.74, 6) is 2.20. The summed E-state index contributed by atoms with van der Waals surface area (Å²) in [6.45, 7) is 8.78. The van der Waals surface area contributed by atoms with Gasteiger partial charge in [0.05, 0.1) is 5.39 Å². The zero-order valence-corrected chi connectivity index (χ0v) is 13.1. The van der Waals surface area contributed by atoms with Gasteiger partial charge in [0.2, 0.25) is 5.95 Å². The summed E-state index contributed by atoms with van der Waals surface area (Å²) >= 11 is 1.71. The van der Waals surface area contributed by atoms with Crippen molar-refractivity contribution in [1.82, 2.24) is 9.97 Å². The maximum Gasteiger partial charge on any atom is 0.225 e. The molecule has 19 heavy (non-hydrogen) atoms. The summed E-state index contributed by atoms with van der Waals surface area (Å²) < 4.78 is 0. The number of fused-ring (bicyclic) bond motifs is 1. The lowest BCUT2D eigenvalue weighted by Gasteiger charge is -2.21. The monoisotopic (exact) mass is 278 g/mol. The molecule has 2 aromatic heterocycles. The number of hydrogen-bond donors (Lipinski definition) is 2. The summed E-state index contributed by atoms with van der Waals surface area (Å²) in [5, 5.41) is 7.73. The van der Waals surface area contributed by atoms with Crippen LogP contribution >= 0.6 is 11.3 Å². The van der Waals surface area contributed by atoms with Crippen LogP contribution in [0.3, 0.4) is 0 Å². The molecule has 0 amide bonds. The van der Waals surface area contributed by atoms with E-state index in [-0.39, 0.29) is 0 Å². The summed E-state index contributed by atoms with van der Waals surface area (Å²) in [6.07, 6.45) is 1.08. The minimum absolute atomic E-state index is 0.433. The van der Waals surface area contributed by atoms with Gasteiger partial charge in [0.15, 0.2) is 0 Å². The van der Waals surface area contributed by atoms with Gasteiger partial charge < -0.3 is 10.6 Å². The Hall–Kier alpha value is -1.36. The maximum absolute atomic E-state index is 4.58. The molecule has 4 nitrogen and oxygen atoms in total. The first-order chi connectivity index (χ1) is 9.05. The number of aromatic nitrogens is 2. The Balaban J connectivity index is 2.45. The highest BCUT2D eigenvalue weighted by atomic mass is 32.1. The molecule has 0 aromatic carbocycles. The molecule has 0 aliphatic rings. The van der Waals surface area contributed by atoms with E-state index in [2.05, 4.69) is 54.4 Å². The van der Waals surface area contributed by atoms with Crippen LogP contribution in [-0.2, 0) is 0 Å². The van der Waals surface area contributed by atoms with Crippen molar-refractivity contribution in [2.45, 2.75) is 40.2 Å². The largest absolute Gasteiger partial charge is 0.366 e. The fourth-order valence-corrected chi connectivity index (χ4v) is 3.06. The van der Waals surface area contributed by atoms with E-state index in [1.165, 1.54) is 4.88 Å². The molecule has 0 bridgehead atoms. The van der Waals surface area contributed by atoms with Crippen LogP contribution in [0.25, 0.3) is 10.2 Å². The summed E-state index contributed by atoms with van der Waals surface area (Å²) in [4.78, 5) is 11.4. The van der Waals surface area contributed by atoms with Crippen LogP contribution in [0, 0.1) is 12.8 Å². The van der Waals surface area contributed by atoms with Crippen molar-refractivity contribution in [3.8, 4) is 0 Å². The van der Waals surface area contributed by atoms with Crippen LogP contribution in [0.2, 0.25) is 0 Å². The highest BCUT2D eigenvalue weighted by molar-refractivity contribution is 7.18. The highest BCUT2D eigenvalue weighted by Crippen LogP contribution is 2.30. The minimum Gasteiger partial charge on any atom is -0.366 e. The average molecular weight is 278 g/mol. The lowest BCUT2D eigenvalue weighted by Crippen LogP contribution is -2.25. The zero-order chi connectivity index (χ0) is 14.0. The molecule has 2 rings (SSSR count). The van der Waals surface area contributed by atoms with Crippen LogP contribution in [0.15, 0.2) is 6.07 Å². The van der Waals surface area contributed by atoms with E-state index in [1.54, 1.807) is 11.3 Å². The third kappa shape index (κ3) is 2.97. The van der Waals surface area contributed by atoms with Crippen molar-refractivity contribution < 1.29 is 0 Å². The van der Waals surface area contributed by atoms with Gasteiger partial charge in [-0.3, -0.25) is 0 Å². The van der Waals surface area contributed by atoms with Gasteiger partial charge in [-0.1, -0.05) is 20.8 Å². The number of thiophene rings is 1. The van der Waals surface area contributed by atoms with Gasteiger partial charge >= 0.3 is 0 Å². The molecule has 0 aliphatic heterocycles.